The number of carbonyl (C=O) groups excluding carboxylic acids is 1. The molecule has 136 valence electrons. The number of anilines is 2. The lowest BCUT2D eigenvalue weighted by Gasteiger charge is -2.30. The van der Waals surface area contributed by atoms with Crippen LogP contribution < -0.4 is 15.0 Å². The molecule has 1 fully saturated rings. The van der Waals surface area contributed by atoms with Crippen LogP contribution in [-0.4, -0.2) is 44.2 Å². The molecule has 26 heavy (non-hydrogen) atoms. The third kappa shape index (κ3) is 3.75. The number of morpholine rings is 1. The molecule has 0 spiro atoms. The van der Waals surface area contributed by atoms with Crippen LogP contribution >= 0.6 is 0 Å². The molecule has 1 aliphatic rings. The summed E-state index contributed by atoms with van der Waals surface area (Å²) in [6.45, 7) is 2.25. The van der Waals surface area contributed by atoms with Crippen LogP contribution in [0.15, 0.2) is 42.5 Å². The number of hydrogen-bond acceptors (Lipinski definition) is 6. The van der Waals surface area contributed by atoms with Crippen LogP contribution in [0.3, 0.4) is 0 Å². The fourth-order valence-corrected chi connectivity index (χ4v) is 2.83. The fraction of sp³-hybridized carbons (Fsp3) is 0.278. The van der Waals surface area contributed by atoms with Crippen molar-refractivity contribution in [2.24, 2.45) is 0 Å². The zero-order chi connectivity index (χ0) is 18.5. The van der Waals surface area contributed by atoms with Gasteiger partial charge in [0.2, 0.25) is 0 Å². The first-order valence-electron chi connectivity index (χ1n) is 8.15. The maximum absolute atomic E-state index is 12.7. The zero-order valence-electron chi connectivity index (χ0n) is 14.3. The van der Waals surface area contributed by atoms with Gasteiger partial charge in [-0.1, -0.05) is 12.1 Å². The monoisotopic (exact) mass is 357 g/mol. The number of ether oxygens (including phenoxy) is 2. The lowest BCUT2D eigenvalue weighted by Crippen LogP contribution is -2.36. The molecule has 0 bridgehead atoms. The summed E-state index contributed by atoms with van der Waals surface area (Å²) < 4.78 is 10.6. The van der Waals surface area contributed by atoms with Crippen molar-refractivity contribution in [3.8, 4) is 5.75 Å². The van der Waals surface area contributed by atoms with E-state index in [0.717, 1.165) is 0 Å². The Kier molecular flexibility index (Phi) is 5.33. The molecule has 2 aromatic carbocycles. The molecule has 1 N–H and O–H groups in total. The fourth-order valence-electron chi connectivity index (χ4n) is 2.83. The van der Waals surface area contributed by atoms with Gasteiger partial charge in [0.25, 0.3) is 11.6 Å². The number of rotatable bonds is 5. The molecule has 0 aliphatic carbocycles. The Morgan fingerprint density at radius 3 is 2.65 bits per heavy atom. The molecule has 3 rings (SSSR count). The van der Waals surface area contributed by atoms with E-state index in [9.17, 15) is 14.9 Å². The predicted octanol–water partition coefficient (Wildman–Crippen LogP) is 2.69. The number of nitro groups is 1. The van der Waals surface area contributed by atoms with E-state index in [1.54, 1.807) is 30.3 Å². The lowest BCUT2D eigenvalue weighted by molar-refractivity contribution is -0.384. The number of nitrogens with zero attached hydrogens (tertiary/aromatic N) is 2. The zero-order valence-corrected chi connectivity index (χ0v) is 14.3. The average Bonchev–Trinajstić information content (AvgIpc) is 2.68. The Morgan fingerprint density at radius 2 is 1.96 bits per heavy atom. The third-order valence-corrected chi connectivity index (χ3v) is 4.14. The van der Waals surface area contributed by atoms with E-state index in [1.165, 1.54) is 19.2 Å². The van der Waals surface area contributed by atoms with Gasteiger partial charge in [-0.25, -0.2) is 0 Å². The number of nitro benzene ring substituents is 1. The summed E-state index contributed by atoms with van der Waals surface area (Å²) in [4.78, 5) is 25.3. The molecular weight excluding hydrogens is 338 g/mol. The number of nitrogens with one attached hydrogen (secondary N) is 1. The van der Waals surface area contributed by atoms with E-state index < -0.39 is 4.92 Å². The van der Waals surface area contributed by atoms with E-state index >= 15 is 0 Å². The second-order valence-corrected chi connectivity index (χ2v) is 5.71. The maximum Gasteiger partial charge on any atom is 0.271 e. The average molecular weight is 357 g/mol. The van der Waals surface area contributed by atoms with Gasteiger partial charge in [0, 0.05) is 25.2 Å². The van der Waals surface area contributed by atoms with Gasteiger partial charge in [0.1, 0.15) is 5.75 Å². The Bertz CT molecular complexity index is 818. The van der Waals surface area contributed by atoms with Crippen LogP contribution in [-0.2, 0) is 4.74 Å². The van der Waals surface area contributed by atoms with Crippen LogP contribution in [0.2, 0.25) is 0 Å². The first kappa shape index (κ1) is 17.7. The number of benzene rings is 2. The number of methoxy groups -OCH3 is 1. The third-order valence-electron chi connectivity index (χ3n) is 4.14. The number of para-hydroxylation sites is 1. The number of carbonyl (C=O) groups is 1. The minimum absolute atomic E-state index is 0.0261. The van der Waals surface area contributed by atoms with Crippen molar-refractivity contribution in [1.82, 2.24) is 0 Å². The summed E-state index contributed by atoms with van der Waals surface area (Å²) in [5.41, 5.74) is 1.47. The lowest BCUT2D eigenvalue weighted by atomic mass is 10.1. The molecule has 2 aromatic rings. The molecule has 8 heteroatoms. The van der Waals surface area contributed by atoms with Gasteiger partial charge in [-0.3, -0.25) is 14.9 Å². The standard InChI is InChI=1S/C18H19N3O5/c1-25-17-5-3-2-4-14(17)18(22)19-15-7-6-13(21(23)24)12-16(15)20-8-10-26-11-9-20/h2-7,12H,8-11H2,1H3,(H,19,22). The number of non-ortho nitro benzene ring substituents is 1. The second-order valence-electron chi connectivity index (χ2n) is 5.71. The second kappa shape index (κ2) is 7.83. The Morgan fingerprint density at radius 1 is 1.23 bits per heavy atom. The SMILES string of the molecule is COc1ccccc1C(=O)Nc1ccc([N+](=O)[O-])cc1N1CCOCC1. The summed E-state index contributed by atoms with van der Waals surface area (Å²) in [6, 6.07) is 11.3. The highest BCUT2D eigenvalue weighted by Gasteiger charge is 2.21. The Labute approximate surface area is 150 Å². The molecule has 1 amide bonds. The van der Waals surface area contributed by atoms with Gasteiger partial charge < -0.3 is 19.7 Å². The van der Waals surface area contributed by atoms with Crippen LogP contribution in [0.4, 0.5) is 17.1 Å². The molecule has 0 radical (unpaired) electrons. The first-order valence-corrected chi connectivity index (χ1v) is 8.15. The predicted molar refractivity (Wildman–Crippen MR) is 97.1 cm³/mol. The highest BCUT2D eigenvalue weighted by Crippen LogP contribution is 2.32. The molecule has 0 saturated carbocycles. The quantitative estimate of drug-likeness (QED) is 0.653. The normalized spacial score (nSPS) is 14.0. The molecule has 0 aromatic heterocycles. The van der Waals surface area contributed by atoms with Gasteiger partial charge in [0.15, 0.2) is 0 Å². The van der Waals surface area contributed by atoms with E-state index in [4.69, 9.17) is 9.47 Å². The van der Waals surface area contributed by atoms with Crippen molar-refractivity contribution in [1.29, 1.82) is 0 Å². The van der Waals surface area contributed by atoms with Crippen LogP contribution in [0.25, 0.3) is 0 Å². The van der Waals surface area contributed by atoms with E-state index in [2.05, 4.69) is 5.32 Å². The summed E-state index contributed by atoms with van der Waals surface area (Å²) in [7, 11) is 1.50. The van der Waals surface area contributed by atoms with Crippen molar-refractivity contribution < 1.29 is 19.2 Å². The van der Waals surface area contributed by atoms with Crippen LogP contribution in [0, 0.1) is 10.1 Å². The van der Waals surface area contributed by atoms with Gasteiger partial charge in [0.05, 0.1) is 42.2 Å². The largest absolute Gasteiger partial charge is 0.496 e. The molecule has 8 nitrogen and oxygen atoms in total. The Balaban J connectivity index is 1.93. The highest BCUT2D eigenvalue weighted by atomic mass is 16.6. The van der Waals surface area contributed by atoms with Crippen LogP contribution in [0.1, 0.15) is 10.4 Å². The van der Waals surface area contributed by atoms with Gasteiger partial charge in [-0.2, -0.15) is 0 Å². The smallest absolute Gasteiger partial charge is 0.271 e. The summed E-state index contributed by atoms with van der Waals surface area (Å²) in [5, 5.41) is 14.0. The minimum atomic E-state index is -0.449. The van der Waals surface area contributed by atoms with E-state index in [-0.39, 0.29) is 11.6 Å². The summed E-state index contributed by atoms with van der Waals surface area (Å²) >= 11 is 0. The van der Waals surface area contributed by atoms with Crippen molar-refractivity contribution in [3.05, 3.63) is 58.1 Å². The van der Waals surface area contributed by atoms with E-state index in [1.807, 2.05) is 4.90 Å². The van der Waals surface area contributed by atoms with Gasteiger partial charge >= 0.3 is 0 Å². The molecule has 1 saturated heterocycles. The van der Waals surface area contributed by atoms with Crippen molar-refractivity contribution in [2.45, 2.75) is 0 Å². The number of hydrogen-bond donors (Lipinski definition) is 1. The van der Waals surface area contributed by atoms with Crippen molar-refractivity contribution in [2.75, 3.05) is 43.6 Å². The van der Waals surface area contributed by atoms with Gasteiger partial charge in [-0.15, -0.1) is 0 Å². The first-order chi connectivity index (χ1) is 12.6. The highest BCUT2D eigenvalue weighted by molar-refractivity contribution is 6.07. The maximum atomic E-state index is 12.7. The summed E-state index contributed by atoms with van der Waals surface area (Å²) in [6.07, 6.45) is 0. The summed E-state index contributed by atoms with van der Waals surface area (Å²) in [5.74, 6) is 0.116. The minimum Gasteiger partial charge on any atom is -0.496 e. The van der Waals surface area contributed by atoms with E-state index in [0.29, 0.717) is 49.0 Å². The van der Waals surface area contributed by atoms with Gasteiger partial charge in [-0.05, 0) is 18.2 Å². The molecular formula is C18H19N3O5. The molecule has 1 heterocycles. The topological polar surface area (TPSA) is 93.9 Å². The molecule has 0 atom stereocenters. The van der Waals surface area contributed by atoms with Crippen molar-refractivity contribution >= 4 is 23.0 Å². The Hall–Kier alpha value is -3.13. The molecule has 1 aliphatic heterocycles. The number of amides is 1. The molecule has 0 unspecified atom stereocenters. The van der Waals surface area contributed by atoms with Crippen LogP contribution in [0.5, 0.6) is 5.75 Å². The van der Waals surface area contributed by atoms with Crippen molar-refractivity contribution in [3.63, 3.8) is 0 Å².